The van der Waals surface area contributed by atoms with Crippen molar-refractivity contribution >= 4 is 21.8 Å². The molecule has 1 fully saturated rings. The van der Waals surface area contributed by atoms with Crippen LogP contribution in [0.1, 0.15) is 18.4 Å². The zero-order chi connectivity index (χ0) is 12.3. The Labute approximate surface area is 110 Å². The van der Waals surface area contributed by atoms with Gasteiger partial charge in [-0.1, -0.05) is 34.1 Å². The Kier molecular flexibility index (Phi) is 4.18. The van der Waals surface area contributed by atoms with E-state index in [0.29, 0.717) is 19.1 Å². The third kappa shape index (κ3) is 3.82. The lowest BCUT2D eigenvalue weighted by atomic mass is 10.2. The summed E-state index contributed by atoms with van der Waals surface area (Å²) in [5.41, 5.74) is 1.13. The number of amides is 1. The molecule has 3 nitrogen and oxygen atoms in total. The first kappa shape index (κ1) is 12.6. The van der Waals surface area contributed by atoms with Crippen LogP contribution in [0.3, 0.4) is 0 Å². The van der Waals surface area contributed by atoms with Crippen LogP contribution in [0.2, 0.25) is 0 Å². The minimum absolute atomic E-state index is 0.146. The van der Waals surface area contributed by atoms with Crippen LogP contribution >= 0.6 is 15.9 Å². The highest BCUT2D eigenvalue weighted by atomic mass is 79.9. The summed E-state index contributed by atoms with van der Waals surface area (Å²) in [5, 5.41) is 3.23. The predicted molar refractivity (Wildman–Crippen MR) is 71.6 cm³/mol. The summed E-state index contributed by atoms with van der Waals surface area (Å²) in [6.07, 6.45) is 2.42. The van der Waals surface area contributed by atoms with Gasteiger partial charge in [0.05, 0.1) is 6.54 Å². The Morgan fingerprint density at radius 2 is 2.18 bits per heavy atom. The predicted octanol–water partition coefficient (Wildman–Crippen LogP) is 2.16. The fourth-order valence-electron chi connectivity index (χ4n) is 1.62. The zero-order valence-corrected chi connectivity index (χ0v) is 11.5. The van der Waals surface area contributed by atoms with Gasteiger partial charge in [0.25, 0.3) is 0 Å². The third-order valence-corrected chi connectivity index (χ3v) is 3.68. The standard InChI is InChI=1S/C13H17BrN2O/c1-16(13(17)8-15-11-6-7-11)9-10-4-2-3-5-12(10)14/h2-5,11,15H,6-9H2,1H3. The molecule has 1 amide bonds. The normalized spacial score (nSPS) is 14.7. The summed E-state index contributed by atoms with van der Waals surface area (Å²) in [6.45, 7) is 1.10. The van der Waals surface area contributed by atoms with Gasteiger partial charge in [-0.2, -0.15) is 0 Å². The molecule has 2 rings (SSSR count). The van der Waals surface area contributed by atoms with Crippen LogP contribution in [-0.2, 0) is 11.3 Å². The summed E-state index contributed by atoms with van der Waals surface area (Å²) < 4.78 is 1.05. The molecule has 0 heterocycles. The number of carbonyl (C=O) groups is 1. The van der Waals surface area contributed by atoms with Crippen LogP contribution in [0.4, 0.5) is 0 Å². The molecule has 0 radical (unpaired) electrons. The van der Waals surface area contributed by atoms with E-state index in [1.807, 2.05) is 31.3 Å². The third-order valence-electron chi connectivity index (χ3n) is 2.91. The quantitative estimate of drug-likeness (QED) is 0.903. The van der Waals surface area contributed by atoms with Crippen molar-refractivity contribution < 1.29 is 4.79 Å². The molecule has 0 aliphatic heterocycles. The number of rotatable bonds is 5. The Morgan fingerprint density at radius 3 is 2.82 bits per heavy atom. The van der Waals surface area contributed by atoms with E-state index < -0.39 is 0 Å². The fourth-order valence-corrected chi connectivity index (χ4v) is 2.03. The number of hydrogen-bond acceptors (Lipinski definition) is 2. The van der Waals surface area contributed by atoms with E-state index in [2.05, 4.69) is 21.2 Å². The summed E-state index contributed by atoms with van der Waals surface area (Å²) in [7, 11) is 1.84. The molecule has 4 heteroatoms. The minimum atomic E-state index is 0.146. The van der Waals surface area contributed by atoms with Gasteiger partial charge in [0.2, 0.25) is 5.91 Å². The number of hydrogen-bond donors (Lipinski definition) is 1. The zero-order valence-electron chi connectivity index (χ0n) is 9.95. The van der Waals surface area contributed by atoms with Gasteiger partial charge in [0.1, 0.15) is 0 Å². The van der Waals surface area contributed by atoms with Gasteiger partial charge in [-0.05, 0) is 24.5 Å². The number of nitrogens with one attached hydrogen (secondary N) is 1. The highest BCUT2D eigenvalue weighted by Crippen LogP contribution is 2.19. The summed E-state index contributed by atoms with van der Waals surface area (Å²) in [4.78, 5) is 13.6. The van der Waals surface area contributed by atoms with Crippen molar-refractivity contribution in [3.05, 3.63) is 34.3 Å². The van der Waals surface area contributed by atoms with Crippen molar-refractivity contribution in [3.63, 3.8) is 0 Å². The average molecular weight is 297 g/mol. The second-order valence-corrected chi connectivity index (χ2v) is 5.35. The molecule has 0 saturated heterocycles. The highest BCUT2D eigenvalue weighted by Gasteiger charge is 2.22. The van der Waals surface area contributed by atoms with Crippen LogP contribution < -0.4 is 5.32 Å². The lowest BCUT2D eigenvalue weighted by Crippen LogP contribution is -2.36. The molecular weight excluding hydrogens is 280 g/mol. The van der Waals surface area contributed by atoms with E-state index in [0.717, 1.165) is 10.0 Å². The van der Waals surface area contributed by atoms with Crippen LogP contribution in [0.5, 0.6) is 0 Å². The molecule has 1 N–H and O–H groups in total. The molecule has 1 aromatic rings. The van der Waals surface area contributed by atoms with Crippen LogP contribution in [0.25, 0.3) is 0 Å². The average Bonchev–Trinajstić information content (AvgIpc) is 3.13. The molecule has 1 aliphatic carbocycles. The van der Waals surface area contributed by atoms with Crippen molar-refractivity contribution in [3.8, 4) is 0 Å². The first-order chi connectivity index (χ1) is 8.16. The van der Waals surface area contributed by atoms with Gasteiger partial charge < -0.3 is 10.2 Å². The van der Waals surface area contributed by atoms with E-state index in [9.17, 15) is 4.79 Å². The number of halogens is 1. The first-order valence-electron chi connectivity index (χ1n) is 5.87. The molecule has 0 atom stereocenters. The molecule has 1 aromatic carbocycles. The lowest BCUT2D eigenvalue weighted by molar-refractivity contribution is -0.129. The monoisotopic (exact) mass is 296 g/mol. The maximum Gasteiger partial charge on any atom is 0.236 e. The highest BCUT2D eigenvalue weighted by molar-refractivity contribution is 9.10. The second kappa shape index (κ2) is 5.65. The SMILES string of the molecule is CN(Cc1ccccc1Br)C(=O)CNC1CC1. The Balaban J connectivity index is 1.84. The molecule has 0 spiro atoms. The van der Waals surface area contributed by atoms with Crippen molar-refractivity contribution in [2.45, 2.75) is 25.4 Å². The molecule has 0 unspecified atom stereocenters. The van der Waals surface area contributed by atoms with Gasteiger partial charge in [0.15, 0.2) is 0 Å². The van der Waals surface area contributed by atoms with Gasteiger partial charge in [-0.25, -0.2) is 0 Å². The van der Waals surface area contributed by atoms with Gasteiger partial charge >= 0.3 is 0 Å². The van der Waals surface area contributed by atoms with E-state index in [1.54, 1.807) is 4.90 Å². The van der Waals surface area contributed by atoms with Gasteiger partial charge in [-0.3, -0.25) is 4.79 Å². The molecule has 0 aromatic heterocycles. The molecule has 1 aliphatic rings. The summed E-state index contributed by atoms with van der Waals surface area (Å²) in [6, 6.07) is 8.57. The van der Waals surface area contributed by atoms with Crippen LogP contribution in [-0.4, -0.2) is 30.4 Å². The number of likely N-dealkylation sites (N-methyl/N-ethyl adjacent to an activating group) is 1. The number of nitrogens with zero attached hydrogens (tertiary/aromatic N) is 1. The molecule has 0 bridgehead atoms. The van der Waals surface area contributed by atoms with Crippen molar-refractivity contribution in [1.29, 1.82) is 0 Å². The van der Waals surface area contributed by atoms with E-state index in [-0.39, 0.29) is 5.91 Å². The fraction of sp³-hybridized carbons (Fsp3) is 0.462. The second-order valence-electron chi connectivity index (χ2n) is 4.50. The molecule has 92 valence electrons. The summed E-state index contributed by atoms with van der Waals surface area (Å²) >= 11 is 3.49. The van der Waals surface area contributed by atoms with Crippen molar-refractivity contribution in [2.24, 2.45) is 0 Å². The Bertz CT molecular complexity index is 404. The lowest BCUT2D eigenvalue weighted by Gasteiger charge is -2.18. The molecule has 17 heavy (non-hydrogen) atoms. The topological polar surface area (TPSA) is 32.3 Å². The van der Waals surface area contributed by atoms with E-state index >= 15 is 0 Å². The minimum Gasteiger partial charge on any atom is -0.340 e. The van der Waals surface area contributed by atoms with Crippen LogP contribution in [0, 0.1) is 0 Å². The number of carbonyl (C=O) groups excluding carboxylic acids is 1. The van der Waals surface area contributed by atoms with Crippen molar-refractivity contribution in [1.82, 2.24) is 10.2 Å². The maximum atomic E-state index is 11.8. The molecule has 1 saturated carbocycles. The first-order valence-corrected chi connectivity index (χ1v) is 6.67. The Morgan fingerprint density at radius 1 is 1.47 bits per heavy atom. The maximum absolute atomic E-state index is 11.8. The van der Waals surface area contributed by atoms with E-state index in [4.69, 9.17) is 0 Å². The van der Waals surface area contributed by atoms with Gasteiger partial charge in [-0.15, -0.1) is 0 Å². The smallest absolute Gasteiger partial charge is 0.236 e. The Hall–Kier alpha value is -0.870. The van der Waals surface area contributed by atoms with Gasteiger partial charge in [0, 0.05) is 24.1 Å². The van der Waals surface area contributed by atoms with E-state index in [1.165, 1.54) is 12.8 Å². The van der Waals surface area contributed by atoms with Crippen molar-refractivity contribution in [2.75, 3.05) is 13.6 Å². The molecular formula is C13H17BrN2O. The largest absolute Gasteiger partial charge is 0.340 e. The number of benzene rings is 1. The summed E-state index contributed by atoms with van der Waals surface area (Å²) in [5.74, 6) is 0.146. The van der Waals surface area contributed by atoms with Crippen LogP contribution in [0.15, 0.2) is 28.7 Å².